The van der Waals surface area contributed by atoms with Crippen molar-refractivity contribution in [2.45, 2.75) is 0 Å². The van der Waals surface area contributed by atoms with Gasteiger partial charge in [-0.25, -0.2) is 0 Å². The Morgan fingerprint density at radius 1 is 1.07 bits per heavy atom. The van der Waals surface area contributed by atoms with Gasteiger partial charge in [0.2, 0.25) is 0 Å². The highest BCUT2D eigenvalue weighted by Gasteiger charge is 2.35. The molecule has 136 valence electrons. The van der Waals surface area contributed by atoms with Gasteiger partial charge in [0.05, 0.1) is 24.3 Å². The zero-order valence-corrected chi connectivity index (χ0v) is 14.6. The molecule has 0 bridgehead atoms. The lowest BCUT2D eigenvalue weighted by molar-refractivity contribution is 0.0603. The number of aromatic nitrogens is 1. The molecule has 1 aliphatic rings. The van der Waals surface area contributed by atoms with Gasteiger partial charge in [-0.2, -0.15) is 0 Å². The summed E-state index contributed by atoms with van der Waals surface area (Å²) < 4.78 is 4.94. The molecule has 3 amide bonds. The van der Waals surface area contributed by atoms with Crippen LogP contribution in [0.3, 0.4) is 0 Å². The van der Waals surface area contributed by atoms with Crippen molar-refractivity contribution in [3.05, 3.63) is 65.4 Å². The van der Waals surface area contributed by atoms with E-state index in [2.05, 4.69) is 10.3 Å². The number of nitrogens with one attached hydrogen (secondary N) is 2. The van der Waals surface area contributed by atoms with Crippen LogP contribution in [0.1, 0.15) is 31.1 Å². The summed E-state index contributed by atoms with van der Waals surface area (Å²) in [6, 6.07) is 12.0. The predicted octanol–water partition coefficient (Wildman–Crippen LogP) is 2.66. The minimum Gasteiger partial charge on any atom is -0.383 e. The number of aromatic amines is 1. The predicted molar refractivity (Wildman–Crippen MR) is 99.9 cm³/mol. The molecule has 1 aromatic heterocycles. The van der Waals surface area contributed by atoms with E-state index >= 15 is 0 Å². The zero-order valence-electron chi connectivity index (χ0n) is 14.6. The number of H-pyrrole nitrogens is 1. The third-order valence-corrected chi connectivity index (χ3v) is 4.56. The maximum absolute atomic E-state index is 12.6. The molecular weight excluding hydrogens is 346 g/mol. The molecule has 0 aliphatic carbocycles. The van der Waals surface area contributed by atoms with E-state index < -0.39 is 5.91 Å². The van der Waals surface area contributed by atoms with E-state index in [1.54, 1.807) is 6.07 Å². The molecular formula is C20H17N3O4. The number of anilines is 1. The summed E-state index contributed by atoms with van der Waals surface area (Å²) in [5, 5.41) is 3.86. The fraction of sp³-hybridized carbons (Fsp3) is 0.150. The van der Waals surface area contributed by atoms with Crippen molar-refractivity contribution >= 4 is 34.3 Å². The number of carbonyl (C=O) groups excluding carboxylic acids is 3. The summed E-state index contributed by atoms with van der Waals surface area (Å²) in [4.78, 5) is 41.6. The Kier molecular flexibility index (Phi) is 4.21. The van der Waals surface area contributed by atoms with Crippen LogP contribution in [-0.4, -0.2) is 47.9 Å². The van der Waals surface area contributed by atoms with E-state index in [9.17, 15) is 14.4 Å². The number of methoxy groups -OCH3 is 1. The van der Waals surface area contributed by atoms with Crippen molar-refractivity contribution in [2.75, 3.05) is 25.6 Å². The number of fused-ring (bicyclic) bond motifs is 2. The molecule has 0 radical (unpaired) electrons. The second kappa shape index (κ2) is 6.69. The Morgan fingerprint density at radius 3 is 2.70 bits per heavy atom. The minimum atomic E-state index is -0.408. The SMILES string of the molecule is COCCN1C(=O)c2ccc(C(=O)Nc3ccc4cc[nH]c4c3)cc2C1=O. The van der Waals surface area contributed by atoms with Gasteiger partial charge in [0, 0.05) is 30.1 Å². The number of hydrogen-bond donors (Lipinski definition) is 2. The van der Waals surface area contributed by atoms with Gasteiger partial charge < -0.3 is 15.0 Å². The van der Waals surface area contributed by atoms with Gasteiger partial charge in [0.15, 0.2) is 0 Å². The first-order valence-electron chi connectivity index (χ1n) is 8.46. The number of benzene rings is 2. The van der Waals surface area contributed by atoms with Gasteiger partial charge in [-0.05, 0) is 41.8 Å². The highest BCUT2D eigenvalue weighted by Crippen LogP contribution is 2.25. The lowest BCUT2D eigenvalue weighted by Gasteiger charge is -2.12. The first-order valence-corrected chi connectivity index (χ1v) is 8.46. The minimum absolute atomic E-state index is 0.181. The second-order valence-electron chi connectivity index (χ2n) is 6.25. The smallest absolute Gasteiger partial charge is 0.261 e. The summed E-state index contributed by atoms with van der Waals surface area (Å²) in [7, 11) is 1.51. The van der Waals surface area contributed by atoms with Gasteiger partial charge >= 0.3 is 0 Å². The summed E-state index contributed by atoms with van der Waals surface area (Å²) in [5.41, 5.74) is 2.41. The maximum Gasteiger partial charge on any atom is 0.261 e. The molecule has 7 heteroatoms. The fourth-order valence-corrected chi connectivity index (χ4v) is 3.15. The van der Waals surface area contributed by atoms with E-state index in [4.69, 9.17) is 4.74 Å². The monoisotopic (exact) mass is 363 g/mol. The molecule has 0 atom stereocenters. The summed E-state index contributed by atoms with van der Waals surface area (Å²) in [6.45, 7) is 0.445. The van der Waals surface area contributed by atoms with Crippen LogP contribution in [0.25, 0.3) is 10.9 Å². The van der Waals surface area contributed by atoms with Crippen molar-refractivity contribution in [3.63, 3.8) is 0 Å². The van der Waals surface area contributed by atoms with Crippen molar-refractivity contribution in [3.8, 4) is 0 Å². The van der Waals surface area contributed by atoms with Crippen molar-refractivity contribution in [1.29, 1.82) is 0 Å². The van der Waals surface area contributed by atoms with Crippen LogP contribution >= 0.6 is 0 Å². The first kappa shape index (κ1) is 17.0. The van der Waals surface area contributed by atoms with Gasteiger partial charge in [-0.15, -0.1) is 0 Å². The first-order chi connectivity index (χ1) is 13.1. The number of amides is 3. The van der Waals surface area contributed by atoms with Gasteiger partial charge in [0.1, 0.15) is 0 Å². The molecule has 0 saturated carbocycles. The Morgan fingerprint density at radius 2 is 1.89 bits per heavy atom. The van der Waals surface area contributed by atoms with Gasteiger partial charge in [-0.3, -0.25) is 19.3 Å². The van der Waals surface area contributed by atoms with E-state index in [0.717, 1.165) is 15.8 Å². The van der Waals surface area contributed by atoms with Crippen LogP contribution in [0.4, 0.5) is 5.69 Å². The molecule has 0 fully saturated rings. The van der Waals surface area contributed by atoms with Crippen LogP contribution in [0, 0.1) is 0 Å². The Bertz CT molecular complexity index is 1070. The third-order valence-electron chi connectivity index (χ3n) is 4.56. The van der Waals surface area contributed by atoms with Crippen molar-refractivity contribution in [1.82, 2.24) is 9.88 Å². The number of carbonyl (C=O) groups is 3. The largest absolute Gasteiger partial charge is 0.383 e. The molecule has 2 aromatic carbocycles. The van der Waals surface area contributed by atoms with Crippen LogP contribution in [-0.2, 0) is 4.74 Å². The number of imide groups is 1. The average Bonchev–Trinajstić information content (AvgIpc) is 3.23. The Hall–Kier alpha value is -3.45. The Balaban J connectivity index is 1.57. The molecule has 0 spiro atoms. The molecule has 2 N–H and O–H groups in total. The molecule has 4 rings (SSSR count). The molecule has 3 aromatic rings. The van der Waals surface area contributed by atoms with Crippen LogP contribution in [0.15, 0.2) is 48.7 Å². The van der Waals surface area contributed by atoms with E-state index in [0.29, 0.717) is 16.8 Å². The molecule has 0 unspecified atom stereocenters. The molecule has 7 nitrogen and oxygen atoms in total. The molecule has 0 saturated heterocycles. The topological polar surface area (TPSA) is 91.5 Å². The third kappa shape index (κ3) is 2.98. The normalized spacial score (nSPS) is 13.3. The zero-order chi connectivity index (χ0) is 19.0. The van der Waals surface area contributed by atoms with Crippen molar-refractivity contribution in [2.24, 2.45) is 0 Å². The summed E-state index contributed by atoms with van der Waals surface area (Å²) in [5.74, 6) is -1.12. The standard InChI is InChI=1S/C20H17N3O4/c1-27-9-8-23-19(25)15-5-3-13(10-16(15)20(23)26)18(24)22-14-4-2-12-6-7-21-17(12)11-14/h2-7,10-11,21H,8-9H2,1H3,(H,22,24). The van der Waals surface area contributed by atoms with Crippen LogP contribution in [0.5, 0.6) is 0 Å². The van der Waals surface area contributed by atoms with E-state index in [1.165, 1.54) is 19.2 Å². The number of rotatable bonds is 5. The Labute approximate surface area is 154 Å². The quantitative estimate of drug-likeness (QED) is 0.682. The van der Waals surface area contributed by atoms with E-state index in [-0.39, 0.29) is 30.5 Å². The number of ether oxygens (including phenoxy) is 1. The highest BCUT2D eigenvalue weighted by atomic mass is 16.5. The molecule has 27 heavy (non-hydrogen) atoms. The summed E-state index contributed by atoms with van der Waals surface area (Å²) in [6.07, 6.45) is 1.83. The number of hydrogen-bond acceptors (Lipinski definition) is 4. The summed E-state index contributed by atoms with van der Waals surface area (Å²) >= 11 is 0. The van der Waals surface area contributed by atoms with Crippen LogP contribution in [0.2, 0.25) is 0 Å². The lowest BCUT2D eigenvalue weighted by Crippen LogP contribution is -2.32. The van der Waals surface area contributed by atoms with Crippen molar-refractivity contribution < 1.29 is 19.1 Å². The second-order valence-corrected chi connectivity index (χ2v) is 6.25. The van der Waals surface area contributed by atoms with E-state index in [1.807, 2.05) is 30.5 Å². The highest BCUT2D eigenvalue weighted by molar-refractivity contribution is 6.22. The maximum atomic E-state index is 12.6. The van der Waals surface area contributed by atoms with Gasteiger partial charge in [0.25, 0.3) is 17.7 Å². The fourth-order valence-electron chi connectivity index (χ4n) is 3.15. The van der Waals surface area contributed by atoms with Gasteiger partial charge in [-0.1, -0.05) is 6.07 Å². The molecule has 1 aliphatic heterocycles. The average molecular weight is 363 g/mol. The van der Waals surface area contributed by atoms with Crippen LogP contribution < -0.4 is 5.32 Å². The lowest BCUT2D eigenvalue weighted by atomic mass is 10.1. The number of nitrogens with zero attached hydrogens (tertiary/aromatic N) is 1. The molecule has 2 heterocycles.